The minimum absolute atomic E-state index is 0. The van der Waals surface area contributed by atoms with Crippen LogP contribution in [-0.4, -0.2) is 18.2 Å². The lowest BCUT2D eigenvalue weighted by Crippen LogP contribution is -2.12. The van der Waals surface area contributed by atoms with Gasteiger partial charge in [0.15, 0.2) is 0 Å². The van der Waals surface area contributed by atoms with Crippen LogP contribution in [0.2, 0.25) is 0 Å². The Morgan fingerprint density at radius 1 is 1.15 bits per heavy atom. The highest BCUT2D eigenvalue weighted by Gasteiger charge is 1.89. The molecule has 0 heterocycles. The first kappa shape index (κ1) is 14.9. The van der Waals surface area contributed by atoms with E-state index in [4.69, 9.17) is 10.8 Å². The molecule has 76 valence electrons. The molecule has 1 rings (SSSR count). The lowest BCUT2D eigenvalue weighted by atomic mass is 10.3. The maximum atomic E-state index is 8.93. The van der Waals surface area contributed by atoms with E-state index in [1.54, 1.807) is 12.1 Å². The summed E-state index contributed by atoms with van der Waals surface area (Å²) in [6.45, 7) is 1.37. The Kier molecular flexibility index (Phi) is 9.12. The number of rotatable bonds is 3. The highest BCUT2D eigenvalue weighted by molar-refractivity contribution is 5.85. The van der Waals surface area contributed by atoms with Crippen LogP contribution in [0.3, 0.4) is 0 Å². The molecule has 0 saturated carbocycles. The molecule has 0 unspecified atom stereocenters. The quantitative estimate of drug-likeness (QED) is 0.685. The molecule has 0 saturated heterocycles. The fraction of sp³-hybridized carbons (Fsp3) is 0.250. The summed E-state index contributed by atoms with van der Waals surface area (Å²) in [5.41, 5.74) is 6.27. The van der Waals surface area contributed by atoms with Gasteiger partial charge in [-0.25, -0.2) is 0 Å². The van der Waals surface area contributed by atoms with Crippen molar-refractivity contribution in [2.24, 2.45) is 5.73 Å². The lowest BCUT2D eigenvalue weighted by Gasteiger charge is -2.03. The monoisotopic (exact) mass is 224 g/mol. The second kappa shape index (κ2) is 7.98. The molecule has 0 aliphatic rings. The first-order valence-corrected chi connectivity index (χ1v) is 3.56. The van der Waals surface area contributed by atoms with Crippen LogP contribution in [0.5, 0.6) is 5.75 Å². The van der Waals surface area contributed by atoms with Gasteiger partial charge in [0.1, 0.15) is 5.75 Å². The van der Waals surface area contributed by atoms with Crippen molar-refractivity contribution in [3.05, 3.63) is 24.3 Å². The average molecular weight is 225 g/mol. The van der Waals surface area contributed by atoms with E-state index in [2.05, 4.69) is 5.32 Å². The van der Waals surface area contributed by atoms with Crippen LogP contribution in [-0.2, 0) is 0 Å². The molecule has 1 aromatic carbocycles. The van der Waals surface area contributed by atoms with Gasteiger partial charge in [0.05, 0.1) is 0 Å². The van der Waals surface area contributed by atoms with E-state index in [1.807, 2.05) is 12.1 Å². The van der Waals surface area contributed by atoms with Gasteiger partial charge in [0.2, 0.25) is 0 Å². The number of phenols is 1. The molecule has 1 aromatic rings. The van der Waals surface area contributed by atoms with Crippen molar-refractivity contribution < 1.29 is 5.11 Å². The summed E-state index contributed by atoms with van der Waals surface area (Å²) in [4.78, 5) is 0. The third-order valence-corrected chi connectivity index (χ3v) is 1.34. The molecule has 0 radical (unpaired) electrons. The van der Waals surface area contributed by atoms with Crippen molar-refractivity contribution >= 4 is 30.5 Å². The standard InChI is InChI=1S/C8H12N2O.2ClH/c9-5-6-10-7-1-3-8(11)4-2-7;;/h1-4,10-11H,5-6,9H2;2*1H. The minimum Gasteiger partial charge on any atom is -0.508 e. The fourth-order valence-corrected chi connectivity index (χ4v) is 0.796. The molecule has 4 N–H and O–H groups in total. The zero-order chi connectivity index (χ0) is 8.10. The largest absolute Gasteiger partial charge is 0.508 e. The van der Waals surface area contributed by atoms with E-state index in [9.17, 15) is 0 Å². The summed E-state index contributed by atoms with van der Waals surface area (Å²) >= 11 is 0. The van der Waals surface area contributed by atoms with E-state index in [0.717, 1.165) is 12.2 Å². The van der Waals surface area contributed by atoms with Gasteiger partial charge < -0.3 is 16.2 Å². The number of nitrogens with two attached hydrogens (primary N) is 1. The smallest absolute Gasteiger partial charge is 0.115 e. The molecule has 0 spiro atoms. The number of anilines is 1. The number of halogens is 2. The summed E-state index contributed by atoms with van der Waals surface area (Å²) in [7, 11) is 0. The highest BCUT2D eigenvalue weighted by Crippen LogP contribution is 2.12. The molecule has 0 aromatic heterocycles. The van der Waals surface area contributed by atoms with Crippen LogP contribution in [0.1, 0.15) is 0 Å². The molecular formula is C8H14Cl2N2O. The van der Waals surface area contributed by atoms with Crippen LogP contribution in [0.15, 0.2) is 24.3 Å². The normalized spacial score (nSPS) is 8.08. The van der Waals surface area contributed by atoms with Crippen molar-refractivity contribution in [3.8, 4) is 5.75 Å². The predicted molar refractivity (Wildman–Crippen MR) is 60.1 cm³/mol. The van der Waals surface area contributed by atoms with Gasteiger partial charge in [0, 0.05) is 18.8 Å². The second-order valence-corrected chi connectivity index (χ2v) is 2.26. The summed E-state index contributed by atoms with van der Waals surface area (Å²) < 4.78 is 0. The molecule has 0 aliphatic carbocycles. The van der Waals surface area contributed by atoms with Crippen LogP contribution in [0.4, 0.5) is 5.69 Å². The summed E-state index contributed by atoms with van der Waals surface area (Å²) in [6, 6.07) is 6.90. The Hall–Kier alpha value is -0.640. The molecular weight excluding hydrogens is 211 g/mol. The topological polar surface area (TPSA) is 58.3 Å². The molecule has 13 heavy (non-hydrogen) atoms. The molecule has 0 fully saturated rings. The Balaban J connectivity index is 0. The van der Waals surface area contributed by atoms with E-state index in [1.165, 1.54) is 0 Å². The van der Waals surface area contributed by atoms with Crippen molar-refractivity contribution in [1.82, 2.24) is 0 Å². The Bertz CT molecular complexity index is 216. The number of phenolic OH excluding ortho intramolecular Hbond substituents is 1. The maximum Gasteiger partial charge on any atom is 0.115 e. The molecule has 3 nitrogen and oxygen atoms in total. The van der Waals surface area contributed by atoms with Gasteiger partial charge in [-0.2, -0.15) is 0 Å². The van der Waals surface area contributed by atoms with Crippen LogP contribution in [0.25, 0.3) is 0 Å². The SMILES string of the molecule is Cl.Cl.NCCNc1ccc(O)cc1. The zero-order valence-electron chi connectivity index (χ0n) is 7.06. The van der Waals surface area contributed by atoms with Gasteiger partial charge in [-0.05, 0) is 24.3 Å². The summed E-state index contributed by atoms with van der Waals surface area (Å²) in [5.74, 6) is 0.281. The van der Waals surface area contributed by atoms with Crippen LogP contribution >= 0.6 is 24.8 Å². The molecule has 0 aliphatic heterocycles. The molecule has 0 amide bonds. The van der Waals surface area contributed by atoms with Crippen LogP contribution < -0.4 is 11.1 Å². The van der Waals surface area contributed by atoms with Crippen LogP contribution in [0, 0.1) is 0 Å². The third-order valence-electron chi connectivity index (χ3n) is 1.34. The van der Waals surface area contributed by atoms with Crippen molar-refractivity contribution in [2.45, 2.75) is 0 Å². The predicted octanol–water partition coefficient (Wildman–Crippen LogP) is 1.61. The minimum atomic E-state index is 0. The Morgan fingerprint density at radius 3 is 2.15 bits per heavy atom. The molecule has 0 atom stereocenters. The number of aromatic hydroxyl groups is 1. The van der Waals surface area contributed by atoms with Gasteiger partial charge in [0.25, 0.3) is 0 Å². The zero-order valence-corrected chi connectivity index (χ0v) is 8.70. The third kappa shape index (κ3) is 5.58. The Labute approximate surface area is 90.2 Å². The molecule has 0 bridgehead atoms. The second-order valence-electron chi connectivity index (χ2n) is 2.26. The number of hydrogen-bond donors (Lipinski definition) is 3. The van der Waals surface area contributed by atoms with E-state index in [0.29, 0.717) is 6.54 Å². The van der Waals surface area contributed by atoms with Gasteiger partial charge in [-0.1, -0.05) is 0 Å². The first-order chi connectivity index (χ1) is 5.33. The maximum absolute atomic E-state index is 8.93. The van der Waals surface area contributed by atoms with Crippen molar-refractivity contribution in [1.29, 1.82) is 0 Å². The lowest BCUT2D eigenvalue weighted by molar-refractivity contribution is 0.475. The van der Waals surface area contributed by atoms with Crippen molar-refractivity contribution in [2.75, 3.05) is 18.4 Å². The number of benzene rings is 1. The van der Waals surface area contributed by atoms with Crippen molar-refractivity contribution in [3.63, 3.8) is 0 Å². The molecule has 5 heteroatoms. The summed E-state index contributed by atoms with van der Waals surface area (Å²) in [5, 5.41) is 12.0. The highest BCUT2D eigenvalue weighted by atomic mass is 35.5. The van der Waals surface area contributed by atoms with E-state index in [-0.39, 0.29) is 30.6 Å². The number of hydrogen-bond acceptors (Lipinski definition) is 3. The first-order valence-electron chi connectivity index (χ1n) is 3.56. The van der Waals surface area contributed by atoms with E-state index < -0.39 is 0 Å². The Morgan fingerprint density at radius 2 is 1.69 bits per heavy atom. The van der Waals surface area contributed by atoms with Gasteiger partial charge in [-0.15, -0.1) is 24.8 Å². The van der Waals surface area contributed by atoms with E-state index >= 15 is 0 Å². The number of nitrogens with one attached hydrogen (secondary N) is 1. The average Bonchev–Trinajstić information content (AvgIpc) is 2.04. The van der Waals surface area contributed by atoms with Gasteiger partial charge in [-0.3, -0.25) is 0 Å². The van der Waals surface area contributed by atoms with Gasteiger partial charge >= 0.3 is 0 Å². The fourth-order valence-electron chi connectivity index (χ4n) is 0.796. The summed E-state index contributed by atoms with van der Waals surface area (Å²) in [6.07, 6.45) is 0.